The summed E-state index contributed by atoms with van der Waals surface area (Å²) in [6.07, 6.45) is 4.52. The number of carbonyl (C=O) groups excluding carboxylic acids is 1. The number of para-hydroxylation sites is 1. The largest absolute Gasteiger partial charge is 0.324 e. The molecule has 1 aromatic carbocycles. The van der Waals surface area contributed by atoms with Crippen molar-refractivity contribution in [1.82, 2.24) is 10.2 Å². The van der Waals surface area contributed by atoms with Gasteiger partial charge in [-0.1, -0.05) is 12.1 Å². The summed E-state index contributed by atoms with van der Waals surface area (Å²) in [7, 11) is 0. The SMILES string of the molecule is Cl.O=C(Nc1ccccc1F)N1CCC2(CCNCC2)CC1. The Morgan fingerprint density at radius 1 is 1.14 bits per heavy atom. The molecular weight excluding hydrogens is 305 g/mol. The first kappa shape index (κ1) is 17.0. The maximum absolute atomic E-state index is 13.6. The molecule has 3 rings (SSSR count). The summed E-state index contributed by atoms with van der Waals surface area (Å²) in [4.78, 5) is 14.0. The van der Waals surface area contributed by atoms with E-state index in [9.17, 15) is 9.18 Å². The van der Waals surface area contributed by atoms with Gasteiger partial charge >= 0.3 is 6.03 Å². The van der Waals surface area contributed by atoms with Gasteiger partial charge in [0.2, 0.25) is 0 Å². The van der Waals surface area contributed by atoms with E-state index >= 15 is 0 Å². The lowest BCUT2D eigenvalue weighted by Crippen LogP contribution is -2.48. The monoisotopic (exact) mass is 327 g/mol. The molecule has 2 heterocycles. The van der Waals surface area contributed by atoms with Crippen LogP contribution in [0.15, 0.2) is 24.3 Å². The molecule has 0 aromatic heterocycles. The number of rotatable bonds is 1. The number of piperidine rings is 2. The van der Waals surface area contributed by atoms with Gasteiger partial charge in [0.25, 0.3) is 0 Å². The number of anilines is 1. The van der Waals surface area contributed by atoms with Crippen LogP contribution in [0.3, 0.4) is 0 Å². The molecule has 0 aliphatic carbocycles. The number of nitrogens with zero attached hydrogens (tertiary/aromatic N) is 1. The standard InChI is InChI=1S/C16H22FN3O.ClH/c17-13-3-1-2-4-14(13)19-15(21)20-11-7-16(8-12-20)5-9-18-10-6-16;/h1-4,18H,5-12H2,(H,19,21);1H. The third kappa shape index (κ3) is 3.70. The van der Waals surface area contributed by atoms with Crippen LogP contribution in [0.5, 0.6) is 0 Å². The van der Waals surface area contributed by atoms with Gasteiger partial charge in [0.15, 0.2) is 0 Å². The molecule has 6 heteroatoms. The average molecular weight is 328 g/mol. The van der Waals surface area contributed by atoms with Crippen molar-refractivity contribution in [1.29, 1.82) is 0 Å². The van der Waals surface area contributed by atoms with Gasteiger partial charge in [0, 0.05) is 13.1 Å². The van der Waals surface area contributed by atoms with Crippen LogP contribution in [0.2, 0.25) is 0 Å². The van der Waals surface area contributed by atoms with E-state index in [4.69, 9.17) is 0 Å². The van der Waals surface area contributed by atoms with E-state index in [1.807, 2.05) is 0 Å². The molecule has 22 heavy (non-hydrogen) atoms. The van der Waals surface area contributed by atoms with Crippen LogP contribution in [0.4, 0.5) is 14.9 Å². The van der Waals surface area contributed by atoms with E-state index in [1.54, 1.807) is 23.1 Å². The Hall–Kier alpha value is -1.33. The zero-order valence-corrected chi connectivity index (χ0v) is 13.4. The Balaban J connectivity index is 0.00000176. The van der Waals surface area contributed by atoms with Gasteiger partial charge in [-0.2, -0.15) is 0 Å². The van der Waals surface area contributed by atoms with Gasteiger partial charge in [-0.15, -0.1) is 12.4 Å². The molecule has 1 aromatic rings. The highest BCUT2D eigenvalue weighted by Gasteiger charge is 2.36. The molecule has 0 radical (unpaired) electrons. The van der Waals surface area contributed by atoms with Gasteiger partial charge in [0.05, 0.1) is 5.69 Å². The first-order chi connectivity index (χ1) is 10.2. The second-order valence-corrected chi connectivity index (χ2v) is 6.15. The van der Waals surface area contributed by atoms with E-state index in [1.165, 1.54) is 18.9 Å². The summed E-state index contributed by atoms with van der Waals surface area (Å²) < 4.78 is 13.6. The van der Waals surface area contributed by atoms with Crippen molar-refractivity contribution in [3.05, 3.63) is 30.1 Å². The lowest BCUT2D eigenvalue weighted by Gasteiger charge is -2.44. The molecule has 2 fully saturated rings. The number of halogens is 2. The topological polar surface area (TPSA) is 44.4 Å². The quantitative estimate of drug-likeness (QED) is 0.831. The van der Waals surface area contributed by atoms with Gasteiger partial charge in [-0.05, 0) is 56.3 Å². The summed E-state index contributed by atoms with van der Waals surface area (Å²) in [6, 6.07) is 6.09. The zero-order chi connectivity index (χ0) is 14.7. The molecule has 2 N–H and O–H groups in total. The van der Waals surface area contributed by atoms with Crippen molar-refractivity contribution in [2.75, 3.05) is 31.5 Å². The number of carbonyl (C=O) groups is 1. The van der Waals surface area contributed by atoms with Gasteiger partial charge in [-0.25, -0.2) is 9.18 Å². The summed E-state index contributed by atoms with van der Waals surface area (Å²) in [5.41, 5.74) is 0.671. The minimum Gasteiger partial charge on any atom is -0.324 e. The van der Waals surface area contributed by atoms with Crippen LogP contribution in [-0.4, -0.2) is 37.1 Å². The highest BCUT2D eigenvalue weighted by Crippen LogP contribution is 2.39. The maximum atomic E-state index is 13.6. The molecular formula is C16H23ClFN3O. The lowest BCUT2D eigenvalue weighted by molar-refractivity contribution is 0.0915. The number of urea groups is 1. The Morgan fingerprint density at radius 3 is 2.41 bits per heavy atom. The maximum Gasteiger partial charge on any atom is 0.321 e. The number of nitrogens with one attached hydrogen (secondary N) is 2. The fourth-order valence-electron chi connectivity index (χ4n) is 3.40. The number of hydrogen-bond donors (Lipinski definition) is 2. The summed E-state index contributed by atoms with van der Waals surface area (Å²) in [5, 5.41) is 6.07. The first-order valence-electron chi connectivity index (χ1n) is 7.70. The second-order valence-electron chi connectivity index (χ2n) is 6.15. The van der Waals surface area contributed by atoms with E-state index in [0.717, 1.165) is 39.0 Å². The zero-order valence-electron chi connectivity index (χ0n) is 12.6. The van der Waals surface area contributed by atoms with Gasteiger partial charge < -0.3 is 15.5 Å². The molecule has 0 atom stereocenters. The number of benzene rings is 1. The molecule has 2 aliphatic rings. The molecule has 4 nitrogen and oxygen atoms in total. The molecule has 2 amide bonds. The number of likely N-dealkylation sites (tertiary alicyclic amines) is 1. The number of hydrogen-bond acceptors (Lipinski definition) is 2. The number of amides is 2. The Bertz CT molecular complexity index is 510. The van der Waals surface area contributed by atoms with E-state index < -0.39 is 5.82 Å². The average Bonchev–Trinajstić information content (AvgIpc) is 2.51. The van der Waals surface area contributed by atoms with E-state index in [2.05, 4.69) is 10.6 Å². The molecule has 0 bridgehead atoms. The van der Waals surface area contributed by atoms with Crippen molar-refractivity contribution in [3.63, 3.8) is 0 Å². The van der Waals surface area contributed by atoms with Gasteiger partial charge in [0.1, 0.15) is 5.82 Å². The highest BCUT2D eigenvalue weighted by molar-refractivity contribution is 5.89. The summed E-state index contributed by atoms with van der Waals surface area (Å²) >= 11 is 0. The third-order valence-corrected chi connectivity index (χ3v) is 4.89. The normalized spacial score (nSPS) is 20.3. The smallest absolute Gasteiger partial charge is 0.321 e. The summed E-state index contributed by atoms with van der Waals surface area (Å²) in [5.74, 6) is -0.391. The van der Waals surface area contributed by atoms with E-state index in [0.29, 0.717) is 5.41 Å². The fourth-order valence-corrected chi connectivity index (χ4v) is 3.40. The Morgan fingerprint density at radius 2 is 1.77 bits per heavy atom. The molecule has 0 saturated carbocycles. The Labute approximate surface area is 136 Å². The minimum absolute atomic E-state index is 0. The molecule has 2 saturated heterocycles. The Kier molecular flexibility index (Phi) is 5.64. The van der Waals surface area contributed by atoms with Crippen molar-refractivity contribution >= 4 is 24.1 Å². The third-order valence-electron chi connectivity index (χ3n) is 4.89. The fraction of sp³-hybridized carbons (Fsp3) is 0.562. The predicted octanol–water partition coefficient (Wildman–Crippen LogP) is 3.25. The van der Waals surface area contributed by atoms with Gasteiger partial charge in [-0.3, -0.25) is 0 Å². The van der Waals surface area contributed by atoms with Crippen LogP contribution >= 0.6 is 12.4 Å². The van der Waals surface area contributed by atoms with Crippen molar-refractivity contribution < 1.29 is 9.18 Å². The minimum atomic E-state index is -0.391. The first-order valence-corrected chi connectivity index (χ1v) is 7.70. The molecule has 122 valence electrons. The van der Waals surface area contributed by atoms with Crippen LogP contribution in [-0.2, 0) is 0 Å². The van der Waals surface area contributed by atoms with Crippen LogP contribution < -0.4 is 10.6 Å². The van der Waals surface area contributed by atoms with Crippen LogP contribution in [0.25, 0.3) is 0 Å². The van der Waals surface area contributed by atoms with Crippen molar-refractivity contribution in [3.8, 4) is 0 Å². The molecule has 1 spiro atoms. The summed E-state index contributed by atoms with van der Waals surface area (Å²) in [6.45, 7) is 3.70. The second kappa shape index (κ2) is 7.29. The van der Waals surface area contributed by atoms with Crippen molar-refractivity contribution in [2.45, 2.75) is 25.7 Å². The molecule has 2 aliphatic heterocycles. The highest BCUT2D eigenvalue weighted by atomic mass is 35.5. The lowest BCUT2D eigenvalue weighted by atomic mass is 9.72. The van der Waals surface area contributed by atoms with Crippen LogP contribution in [0, 0.1) is 11.2 Å². The van der Waals surface area contributed by atoms with E-state index in [-0.39, 0.29) is 24.1 Å². The van der Waals surface area contributed by atoms with Crippen LogP contribution in [0.1, 0.15) is 25.7 Å². The van der Waals surface area contributed by atoms with Crippen molar-refractivity contribution in [2.24, 2.45) is 5.41 Å². The predicted molar refractivity (Wildman–Crippen MR) is 88.0 cm³/mol. The molecule has 0 unspecified atom stereocenters.